The van der Waals surface area contributed by atoms with Crippen molar-refractivity contribution in [3.8, 4) is 5.69 Å². The molecule has 0 saturated carbocycles. The third-order valence-electron chi connectivity index (χ3n) is 5.10. The molecule has 3 aromatic rings. The molecule has 2 heterocycles. The van der Waals surface area contributed by atoms with E-state index in [1.807, 2.05) is 30.0 Å². The number of nitrogens with zero attached hydrogens (tertiary/aromatic N) is 3. The molecule has 0 aliphatic carbocycles. The Morgan fingerprint density at radius 1 is 1.13 bits per heavy atom. The minimum absolute atomic E-state index is 0.177. The SMILES string of the molecule is Cc1cc(=O)c(C(=O)Nc2cccc(CN3CCSCC3)c2)nn1-c1ccccc1F. The topological polar surface area (TPSA) is 67.2 Å². The van der Waals surface area contributed by atoms with Crippen LogP contribution in [0, 0.1) is 12.7 Å². The van der Waals surface area contributed by atoms with E-state index in [1.165, 1.54) is 16.8 Å². The number of hydrogen-bond donors (Lipinski definition) is 1. The minimum Gasteiger partial charge on any atom is -0.320 e. The predicted octanol–water partition coefficient (Wildman–Crippen LogP) is 3.48. The van der Waals surface area contributed by atoms with Gasteiger partial charge in [-0.3, -0.25) is 14.5 Å². The molecule has 1 fully saturated rings. The van der Waals surface area contributed by atoms with Crippen LogP contribution in [0.25, 0.3) is 5.69 Å². The Hall–Kier alpha value is -2.97. The zero-order valence-electron chi connectivity index (χ0n) is 17.2. The highest BCUT2D eigenvalue weighted by atomic mass is 32.2. The van der Waals surface area contributed by atoms with E-state index >= 15 is 0 Å². The third-order valence-corrected chi connectivity index (χ3v) is 6.04. The van der Waals surface area contributed by atoms with Crippen LogP contribution >= 0.6 is 11.8 Å². The molecular formula is C23H23FN4O2S. The highest BCUT2D eigenvalue weighted by molar-refractivity contribution is 7.99. The summed E-state index contributed by atoms with van der Waals surface area (Å²) < 4.78 is 15.5. The Kier molecular flexibility index (Phi) is 6.48. The van der Waals surface area contributed by atoms with E-state index in [9.17, 15) is 14.0 Å². The monoisotopic (exact) mass is 438 g/mol. The van der Waals surface area contributed by atoms with Crippen LogP contribution in [0.4, 0.5) is 10.1 Å². The van der Waals surface area contributed by atoms with E-state index in [-0.39, 0.29) is 11.4 Å². The Balaban J connectivity index is 1.56. The van der Waals surface area contributed by atoms with E-state index in [0.717, 1.165) is 36.7 Å². The summed E-state index contributed by atoms with van der Waals surface area (Å²) in [5, 5.41) is 6.91. The van der Waals surface area contributed by atoms with Gasteiger partial charge in [0.15, 0.2) is 5.69 Å². The molecule has 0 atom stereocenters. The zero-order chi connectivity index (χ0) is 21.8. The van der Waals surface area contributed by atoms with Crippen molar-refractivity contribution < 1.29 is 9.18 Å². The van der Waals surface area contributed by atoms with Crippen molar-refractivity contribution in [1.82, 2.24) is 14.7 Å². The van der Waals surface area contributed by atoms with Gasteiger partial charge in [0.05, 0.1) is 0 Å². The van der Waals surface area contributed by atoms with Crippen molar-refractivity contribution >= 4 is 23.4 Å². The first-order chi connectivity index (χ1) is 15.0. The number of carbonyl (C=O) groups is 1. The van der Waals surface area contributed by atoms with Gasteiger partial charge in [0, 0.05) is 48.6 Å². The Morgan fingerprint density at radius 2 is 1.90 bits per heavy atom. The maximum absolute atomic E-state index is 14.2. The molecule has 4 rings (SSSR count). The number of halogens is 1. The first kappa shape index (κ1) is 21.3. The summed E-state index contributed by atoms with van der Waals surface area (Å²) in [6.45, 7) is 4.55. The van der Waals surface area contributed by atoms with Crippen LogP contribution < -0.4 is 10.7 Å². The molecule has 1 saturated heterocycles. The Labute approximate surface area is 184 Å². The molecule has 1 aliphatic heterocycles. The van der Waals surface area contributed by atoms with E-state index in [2.05, 4.69) is 15.3 Å². The molecule has 6 nitrogen and oxygen atoms in total. The van der Waals surface area contributed by atoms with Crippen LogP contribution in [0.1, 0.15) is 21.7 Å². The molecule has 2 aromatic carbocycles. The number of thioether (sulfide) groups is 1. The van der Waals surface area contributed by atoms with Crippen molar-refractivity contribution in [2.75, 3.05) is 29.9 Å². The summed E-state index contributed by atoms with van der Waals surface area (Å²) in [4.78, 5) is 27.6. The number of anilines is 1. The number of aromatic nitrogens is 2. The third kappa shape index (κ3) is 5.03. The average Bonchev–Trinajstić information content (AvgIpc) is 2.75. The zero-order valence-corrected chi connectivity index (χ0v) is 18.0. The lowest BCUT2D eigenvalue weighted by Gasteiger charge is -2.26. The molecule has 1 N–H and O–H groups in total. The lowest BCUT2D eigenvalue weighted by atomic mass is 10.2. The fourth-order valence-corrected chi connectivity index (χ4v) is 4.51. The molecular weight excluding hydrogens is 415 g/mol. The molecule has 1 aromatic heterocycles. The van der Waals surface area contributed by atoms with E-state index in [4.69, 9.17) is 0 Å². The fourth-order valence-electron chi connectivity index (χ4n) is 3.53. The van der Waals surface area contributed by atoms with Gasteiger partial charge in [-0.1, -0.05) is 24.3 Å². The molecule has 0 bridgehead atoms. The number of benzene rings is 2. The molecule has 31 heavy (non-hydrogen) atoms. The number of carbonyl (C=O) groups excluding carboxylic acids is 1. The van der Waals surface area contributed by atoms with Crippen LogP contribution in [0.15, 0.2) is 59.4 Å². The quantitative estimate of drug-likeness (QED) is 0.661. The summed E-state index contributed by atoms with van der Waals surface area (Å²) >= 11 is 1.96. The Morgan fingerprint density at radius 3 is 2.68 bits per heavy atom. The van der Waals surface area contributed by atoms with Crippen molar-refractivity contribution in [3.63, 3.8) is 0 Å². The molecule has 1 amide bonds. The van der Waals surface area contributed by atoms with Gasteiger partial charge in [-0.25, -0.2) is 9.07 Å². The van der Waals surface area contributed by atoms with Crippen LogP contribution in [-0.2, 0) is 6.54 Å². The first-order valence-electron chi connectivity index (χ1n) is 10.1. The number of hydrogen-bond acceptors (Lipinski definition) is 5. The lowest BCUT2D eigenvalue weighted by molar-refractivity contribution is 0.101. The fraction of sp³-hybridized carbons (Fsp3) is 0.261. The van der Waals surface area contributed by atoms with Gasteiger partial charge in [-0.15, -0.1) is 0 Å². The Bertz CT molecular complexity index is 1160. The second kappa shape index (κ2) is 9.45. The number of amides is 1. The lowest BCUT2D eigenvalue weighted by Crippen LogP contribution is -2.32. The molecule has 8 heteroatoms. The summed E-state index contributed by atoms with van der Waals surface area (Å²) in [5.74, 6) is 1.15. The molecule has 0 unspecified atom stereocenters. The summed E-state index contributed by atoms with van der Waals surface area (Å²) in [6.07, 6.45) is 0. The van der Waals surface area contributed by atoms with Gasteiger partial charge in [-0.05, 0) is 36.8 Å². The normalized spacial score (nSPS) is 14.4. The maximum Gasteiger partial charge on any atom is 0.280 e. The van der Waals surface area contributed by atoms with E-state index in [1.54, 1.807) is 31.2 Å². The summed E-state index contributed by atoms with van der Waals surface area (Å²) in [7, 11) is 0. The van der Waals surface area contributed by atoms with Gasteiger partial charge in [0.1, 0.15) is 11.5 Å². The molecule has 1 aliphatic rings. The van der Waals surface area contributed by atoms with E-state index in [0.29, 0.717) is 11.4 Å². The van der Waals surface area contributed by atoms with Gasteiger partial charge in [0.25, 0.3) is 5.91 Å². The van der Waals surface area contributed by atoms with Crippen molar-refractivity contribution in [3.05, 3.63) is 87.6 Å². The van der Waals surface area contributed by atoms with Gasteiger partial charge >= 0.3 is 0 Å². The molecule has 0 radical (unpaired) electrons. The maximum atomic E-state index is 14.2. The van der Waals surface area contributed by atoms with Gasteiger partial charge in [0.2, 0.25) is 5.43 Å². The highest BCUT2D eigenvalue weighted by Crippen LogP contribution is 2.17. The second-order valence-corrected chi connectivity index (χ2v) is 8.63. The minimum atomic E-state index is -0.624. The van der Waals surface area contributed by atoms with Crippen LogP contribution in [0.2, 0.25) is 0 Å². The average molecular weight is 439 g/mol. The van der Waals surface area contributed by atoms with E-state index < -0.39 is 17.2 Å². The number of para-hydroxylation sites is 1. The largest absolute Gasteiger partial charge is 0.320 e. The molecule has 160 valence electrons. The van der Waals surface area contributed by atoms with Crippen LogP contribution in [0.3, 0.4) is 0 Å². The standard InChI is InChI=1S/C23H23FN4O2S/c1-16-13-21(29)22(26-28(16)20-8-3-2-7-19(20)24)23(30)25-18-6-4-5-17(14-18)15-27-9-11-31-12-10-27/h2-8,13-14H,9-12,15H2,1H3,(H,25,30). The van der Waals surface area contributed by atoms with Gasteiger partial charge < -0.3 is 5.32 Å². The van der Waals surface area contributed by atoms with Crippen LogP contribution in [-0.4, -0.2) is 45.2 Å². The summed E-state index contributed by atoms with van der Waals surface area (Å²) in [6, 6.07) is 15.0. The van der Waals surface area contributed by atoms with Gasteiger partial charge in [-0.2, -0.15) is 16.9 Å². The smallest absolute Gasteiger partial charge is 0.280 e. The first-order valence-corrected chi connectivity index (χ1v) is 11.2. The number of rotatable bonds is 5. The number of nitrogens with one attached hydrogen (secondary N) is 1. The van der Waals surface area contributed by atoms with Crippen molar-refractivity contribution in [2.45, 2.75) is 13.5 Å². The second-order valence-electron chi connectivity index (χ2n) is 7.40. The van der Waals surface area contributed by atoms with Crippen LogP contribution in [0.5, 0.6) is 0 Å². The highest BCUT2D eigenvalue weighted by Gasteiger charge is 2.17. The van der Waals surface area contributed by atoms with Crippen molar-refractivity contribution in [1.29, 1.82) is 0 Å². The summed E-state index contributed by atoms with van der Waals surface area (Å²) in [5.41, 5.74) is 1.50. The molecule has 0 spiro atoms. The predicted molar refractivity (Wildman–Crippen MR) is 122 cm³/mol. The van der Waals surface area contributed by atoms with Crippen molar-refractivity contribution in [2.24, 2.45) is 0 Å². The number of aryl methyl sites for hydroxylation is 1.